The third-order valence-corrected chi connectivity index (χ3v) is 3.83. The lowest BCUT2D eigenvalue weighted by Gasteiger charge is -2.33. The monoisotopic (exact) mass is 157 g/mol. The van der Waals surface area contributed by atoms with E-state index in [4.69, 9.17) is 0 Å². The summed E-state index contributed by atoms with van der Waals surface area (Å²) >= 11 is 0. The minimum Gasteiger partial charge on any atom is -0.292 e. The molecule has 2 heteroatoms. The molecule has 0 aliphatic carbocycles. The van der Waals surface area contributed by atoms with Gasteiger partial charge in [0.1, 0.15) is 0 Å². The van der Waals surface area contributed by atoms with Gasteiger partial charge in [0.15, 0.2) is 0 Å². The second-order valence-corrected chi connectivity index (χ2v) is 7.84. The van der Waals surface area contributed by atoms with Gasteiger partial charge in [0, 0.05) is 11.5 Å². The van der Waals surface area contributed by atoms with E-state index in [2.05, 4.69) is 35.9 Å². The Labute approximate surface area is 64.6 Å². The first kappa shape index (κ1) is 7.86. The van der Waals surface area contributed by atoms with Gasteiger partial charge in [-0.05, 0) is 24.8 Å². The van der Waals surface area contributed by atoms with E-state index < -0.39 is 10.0 Å². The topological polar surface area (TPSA) is 12.4 Å². The number of aliphatic imine (C=N–C) groups is 1. The number of dihydropyridines is 1. The predicted octanol–water partition coefficient (Wildman–Crippen LogP) is 1.69. The molecule has 0 fully saturated rings. The van der Waals surface area contributed by atoms with Crippen molar-refractivity contribution in [3.63, 3.8) is 0 Å². The molecule has 0 saturated carbocycles. The van der Waals surface area contributed by atoms with Crippen molar-refractivity contribution >= 4 is 16.2 Å². The second-order valence-electron chi connectivity index (χ2n) is 3.37. The molecule has 1 nitrogen and oxygen atoms in total. The number of rotatable bonds is 1. The maximum absolute atomic E-state index is 4.23. The Morgan fingerprint density at radius 1 is 1.40 bits per heavy atom. The summed E-state index contributed by atoms with van der Waals surface area (Å²) in [6, 6.07) is 0. The van der Waals surface area contributed by atoms with Crippen LogP contribution in [-0.4, -0.2) is 36.8 Å². The lowest BCUT2D eigenvalue weighted by Crippen LogP contribution is -2.18. The molecule has 0 aromatic heterocycles. The van der Waals surface area contributed by atoms with Crippen molar-refractivity contribution < 1.29 is 0 Å². The largest absolute Gasteiger partial charge is 0.292 e. The molecule has 1 aliphatic heterocycles. The van der Waals surface area contributed by atoms with Gasteiger partial charge in [-0.15, -0.1) is 0 Å². The zero-order chi connectivity index (χ0) is 7.61. The number of allylic oxidation sites excluding steroid dienone is 1. The molecular formula is C8H15NS. The second kappa shape index (κ2) is 2.79. The molecule has 10 heavy (non-hydrogen) atoms. The van der Waals surface area contributed by atoms with E-state index in [-0.39, 0.29) is 0 Å². The number of hydrogen-bond donors (Lipinski definition) is 0. The summed E-state index contributed by atoms with van der Waals surface area (Å²) in [6.07, 6.45) is 13.2. The van der Waals surface area contributed by atoms with Gasteiger partial charge >= 0.3 is 0 Å². The van der Waals surface area contributed by atoms with Gasteiger partial charge in [0.25, 0.3) is 0 Å². The Hall–Kier alpha value is -0.240. The van der Waals surface area contributed by atoms with Crippen molar-refractivity contribution in [2.75, 3.05) is 25.3 Å². The van der Waals surface area contributed by atoms with Gasteiger partial charge in [-0.1, -0.05) is 6.08 Å². The minimum atomic E-state index is -0.426. The van der Waals surface area contributed by atoms with Gasteiger partial charge in [-0.25, -0.2) is 10.0 Å². The Bertz CT molecular complexity index is 165. The molecule has 0 spiro atoms. The van der Waals surface area contributed by atoms with Crippen LogP contribution in [0.1, 0.15) is 0 Å². The lowest BCUT2D eigenvalue weighted by atomic mass is 10.3. The summed E-state index contributed by atoms with van der Waals surface area (Å²) in [5.41, 5.74) is 0. The number of nitrogens with zero attached hydrogens (tertiary/aromatic N) is 1. The SMILES string of the molecule is CS(C)(C)C1C=CC=NC1. The zero-order valence-corrected chi connectivity index (χ0v) is 7.69. The Morgan fingerprint density at radius 3 is 2.40 bits per heavy atom. The van der Waals surface area contributed by atoms with Crippen LogP contribution in [0, 0.1) is 0 Å². The molecule has 0 saturated heterocycles. The highest BCUT2D eigenvalue weighted by Crippen LogP contribution is 2.42. The predicted molar refractivity (Wildman–Crippen MR) is 51.7 cm³/mol. The molecule has 0 N–H and O–H groups in total. The molecule has 0 amide bonds. The van der Waals surface area contributed by atoms with Crippen LogP contribution in [0.3, 0.4) is 0 Å². The molecule has 1 heterocycles. The smallest absolute Gasteiger partial charge is 0.0528 e. The maximum atomic E-state index is 4.23. The standard InChI is InChI=1S/C8H15NS/c1-10(2,3)8-5-4-6-9-7-8/h4-6,8H,7H2,1-3H3. The fraction of sp³-hybridized carbons (Fsp3) is 0.625. The van der Waals surface area contributed by atoms with Crippen molar-refractivity contribution in [2.45, 2.75) is 5.25 Å². The first-order chi connectivity index (χ1) is 4.61. The van der Waals surface area contributed by atoms with Crippen molar-refractivity contribution in [3.05, 3.63) is 12.2 Å². The van der Waals surface area contributed by atoms with Gasteiger partial charge in [0.05, 0.1) is 6.54 Å². The molecule has 0 aromatic carbocycles. The molecule has 1 atom stereocenters. The van der Waals surface area contributed by atoms with Crippen LogP contribution >= 0.6 is 10.0 Å². The average Bonchev–Trinajstić information content (AvgIpc) is 1.88. The Balaban J connectivity index is 2.60. The van der Waals surface area contributed by atoms with Crippen LogP contribution in [0.5, 0.6) is 0 Å². The van der Waals surface area contributed by atoms with Gasteiger partial charge in [-0.2, -0.15) is 0 Å². The van der Waals surface area contributed by atoms with Crippen LogP contribution in [-0.2, 0) is 0 Å². The average molecular weight is 157 g/mol. The molecular weight excluding hydrogens is 142 g/mol. The van der Waals surface area contributed by atoms with Gasteiger partial charge in [0.2, 0.25) is 0 Å². The molecule has 0 bridgehead atoms. The molecule has 1 rings (SSSR count). The fourth-order valence-corrected chi connectivity index (χ4v) is 2.01. The maximum Gasteiger partial charge on any atom is 0.0528 e. The van der Waals surface area contributed by atoms with E-state index in [1.54, 1.807) is 0 Å². The summed E-state index contributed by atoms with van der Waals surface area (Å²) < 4.78 is 0. The normalized spacial score (nSPS) is 26.9. The highest BCUT2D eigenvalue weighted by molar-refractivity contribution is 8.32. The molecule has 58 valence electrons. The zero-order valence-electron chi connectivity index (χ0n) is 6.87. The van der Waals surface area contributed by atoms with E-state index in [0.29, 0.717) is 5.25 Å². The summed E-state index contributed by atoms with van der Waals surface area (Å²) in [7, 11) is -0.426. The van der Waals surface area contributed by atoms with Gasteiger partial charge < -0.3 is 0 Å². The summed E-state index contributed by atoms with van der Waals surface area (Å²) in [5, 5.41) is 0.706. The first-order valence-electron chi connectivity index (χ1n) is 3.44. The highest BCUT2D eigenvalue weighted by atomic mass is 32.3. The van der Waals surface area contributed by atoms with E-state index in [1.165, 1.54) is 0 Å². The van der Waals surface area contributed by atoms with Gasteiger partial charge in [-0.3, -0.25) is 4.99 Å². The van der Waals surface area contributed by atoms with Crippen molar-refractivity contribution in [3.8, 4) is 0 Å². The van der Waals surface area contributed by atoms with E-state index in [0.717, 1.165) is 6.54 Å². The Kier molecular flexibility index (Phi) is 2.19. The fourth-order valence-electron chi connectivity index (χ4n) is 0.919. The number of hydrogen-bond acceptors (Lipinski definition) is 1. The van der Waals surface area contributed by atoms with E-state index in [9.17, 15) is 0 Å². The molecule has 1 unspecified atom stereocenters. The summed E-state index contributed by atoms with van der Waals surface area (Å²) in [6.45, 7) is 0.995. The van der Waals surface area contributed by atoms with Crippen molar-refractivity contribution in [1.82, 2.24) is 0 Å². The first-order valence-corrected chi connectivity index (χ1v) is 6.36. The molecule has 0 radical (unpaired) electrons. The Morgan fingerprint density at radius 2 is 2.10 bits per heavy atom. The highest BCUT2D eigenvalue weighted by Gasteiger charge is 2.16. The van der Waals surface area contributed by atoms with Crippen LogP contribution in [0.2, 0.25) is 0 Å². The lowest BCUT2D eigenvalue weighted by molar-refractivity contribution is 1.01. The van der Waals surface area contributed by atoms with E-state index >= 15 is 0 Å². The third kappa shape index (κ3) is 1.87. The van der Waals surface area contributed by atoms with Crippen LogP contribution < -0.4 is 0 Å². The van der Waals surface area contributed by atoms with E-state index in [1.807, 2.05) is 6.21 Å². The minimum absolute atomic E-state index is 0.426. The van der Waals surface area contributed by atoms with Crippen molar-refractivity contribution in [1.29, 1.82) is 0 Å². The van der Waals surface area contributed by atoms with Crippen LogP contribution in [0.25, 0.3) is 0 Å². The van der Waals surface area contributed by atoms with Crippen LogP contribution in [0.4, 0.5) is 0 Å². The summed E-state index contributed by atoms with van der Waals surface area (Å²) in [4.78, 5) is 4.23. The third-order valence-electron chi connectivity index (χ3n) is 1.71. The van der Waals surface area contributed by atoms with Crippen LogP contribution in [0.15, 0.2) is 17.1 Å². The molecule has 0 aromatic rings. The summed E-state index contributed by atoms with van der Waals surface area (Å²) in [5.74, 6) is 0. The van der Waals surface area contributed by atoms with Crippen molar-refractivity contribution in [2.24, 2.45) is 4.99 Å². The quantitative estimate of drug-likeness (QED) is 0.549. The molecule has 1 aliphatic rings.